The predicted molar refractivity (Wildman–Crippen MR) is 248 cm³/mol. The Labute approximate surface area is 431 Å². The van der Waals surface area contributed by atoms with Gasteiger partial charge < -0.3 is 84.4 Å². The van der Waals surface area contributed by atoms with E-state index in [1.54, 1.807) is 43.5 Å². The van der Waals surface area contributed by atoms with Gasteiger partial charge in [0.15, 0.2) is 42.4 Å². The zero-order chi connectivity index (χ0) is 54.7. The van der Waals surface area contributed by atoms with E-state index >= 15 is 0 Å². The standard InChI is InChI=1S/C48H62F3N7O18/c1-4-8-30(45(68)69)72-44-35(52-21(3)61)46(74-33(18-60)39(44)64)73-31-12-22(11-29(57-15-27(53-55-57)23-9-6-5-7-10-23)43(31)76-48-42(67)41(66)37(62)20(2)71-48)19-70-47-40(65)36(38(63)32(17-59)75-47)58-16-28(54-56-58)24-13-25(49)34(51)26(50)14-24/h5-7,9-10,13-16,20,22,29-33,35-44,46-48,59-60,62-67H,4,8,11-12,17-19H2,1-3H3,(H,52,61)(H,68,69)/t20?,22?,29?,30-,31+,32?,33?,35?,36?,37+,38+,39-,40?,41?,42?,43?,44?,46+,47-,48-/m0/s1. The molecule has 1 amide bonds. The second-order valence-electron chi connectivity index (χ2n) is 19.3. The molecule has 2 aromatic carbocycles. The molecule has 418 valence electrons. The molecule has 3 saturated heterocycles. The number of aliphatic carboxylic acids is 1. The third-order valence-electron chi connectivity index (χ3n) is 14.0. The van der Waals surface area contributed by atoms with Crippen molar-refractivity contribution in [3.63, 3.8) is 0 Å². The van der Waals surface area contributed by atoms with Crippen LogP contribution in [0.1, 0.15) is 58.5 Å². The van der Waals surface area contributed by atoms with Crippen LogP contribution in [-0.4, -0.2) is 212 Å². The lowest BCUT2D eigenvalue weighted by Crippen LogP contribution is -2.67. The summed E-state index contributed by atoms with van der Waals surface area (Å²) in [7, 11) is 0. The van der Waals surface area contributed by atoms with Crippen molar-refractivity contribution in [3.8, 4) is 22.5 Å². The first kappa shape index (κ1) is 57.0. The van der Waals surface area contributed by atoms with Gasteiger partial charge in [0.2, 0.25) is 5.91 Å². The van der Waals surface area contributed by atoms with Crippen molar-refractivity contribution in [1.82, 2.24) is 35.3 Å². The molecular formula is C48H62F3N7O18. The van der Waals surface area contributed by atoms with E-state index in [1.807, 2.05) is 0 Å². The van der Waals surface area contributed by atoms with Gasteiger partial charge in [-0.15, -0.1) is 10.2 Å². The molecule has 3 aliphatic heterocycles. The van der Waals surface area contributed by atoms with Gasteiger partial charge in [0.05, 0.1) is 50.5 Å². The SMILES string of the molecule is CCC[C@H](OC1C(NC(C)=O)[C@H](O[C@@H]2CC(CO[C@H]3OC(CO)[C@@H](O)C(n4cc(-c5cc(F)c(F)c(F)c5)nn4)C3O)CC(n3cc(-c4ccccc4)nn3)C2O[C@@H]2OC(C)[C@@H](O)C(O)C2O)OC(CO)[C@@H]1O)C(=O)O. The molecule has 4 fully saturated rings. The van der Waals surface area contributed by atoms with Crippen molar-refractivity contribution in [2.24, 2.45) is 5.92 Å². The molecule has 12 unspecified atom stereocenters. The average molecular weight is 1080 g/mol. The Kier molecular flexibility index (Phi) is 18.5. The number of amides is 1. The maximum atomic E-state index is 14.2. The van der Waals surface area contributed by atoms with Crippen LogP contribution in [0.2, 0.25) is 0 Å². The molecule has 2 aromatic heterocycles. The first-order chi connectivity index (χ1) is 36.3. The van der Waals surface area contributed by atoms with Crippen LogP contribution in [0.25, 0.3) is 22.5 Å². The normalized spacial score (nSPS) is 35.4. The lowest BCUT2D eigenvalue weighted by molar-refractivity contribution is -0.339. The van der Waals surface area contributed by atoms with Crippen LogP contribution >= 0.6 is 0 Å². The summed E-state index contributed by atoms with van der Waals surface area (Å²) in [4.78, 5) is 25.3. The van der Waals surface area contributed by atoms with Gasteiger partial charge in [-0.1, -0.05) is 54.1 Å². The van der Waals surface area contributed by atoms with Crippen molar-refractivity contribution in [1.29, 1.82) is 0 Å². The number of ether oxygens (including phenoxy) is 7. The number of hydrogen-bond donors (Lipinski definition) is 10. The Morgan fingerprint density at radius 2 is 1.39 bits per heavy atom. The fraction of sp³-hybridized carbons (Fsp3) is 0.625. The maximum Gasteiger partial charge on any atom is 0.332 e. The van der Waals surface area contributed by atoms with E-state index < -0.39 is 165 Å². The molecule has 25 nitrogen and oxygen atoms in total. The van der Waals surface area contributed by atoms with Crippen LogP contribution < -0.4 is 5.32 Å². The van der Waals surface area contributed by atoms with Gasteiger partial charge >= 0.3 is 5.97 Å². The summed E-state index contributed by atoms with van der Waals surface area (Å²) in [6, 6.07) is 6.36. The number of carboxylic acid groups (broad SMARTS) is 1. The minimum atomic E-state index is -1.84. The van der Waals surface area contributed by atoms with Crippen LogP contribution in [0.15, 0.2) is 54.9 Å². The molecule has 0 bridgehead atoms. The highest BCUT2D eigenvalue weighted by molar-refractivity contribution is 5.73. The molecule has 10 N–H and O–H groups in total. The number of carboxylic acids is 1. The first-order valence-electron chi connectivity index (χ1n) is 24.7. The van der Waals surface area contributed by atoms with Crippen LogP contribution in [0.3, 0.4) is 0 Å². The highest BCUT2D eigenvalue weighted by Crippen LogP contribution is 2.42. The second-order valence-corrected chi connectivity index (χ2v) is 19.3. The van der Waals surface area contributed by atoms with Crippen molar-refractivity contribution in [2.75, 3.05) is 19.8 Å². The Hall–Kier alpha value is -5.15. The molecular weight excluding hydrogens is 1020 g/mol. The molecule has 1 saturated carbocycles. The van der Waals surface area contributed by atoms with Crippen LogP contribution in [0.4, 0.5) is 13.2 Å². The number of benzene rings is 2. The fourth-order valence-corrected chi connectivity index (χ4v) is 10.1. The molecule has 0 spiro atoms. The van der Waals surface area contributed by atoms with E-state index in [9.17, 15) is 68.7 Å². The van der Waals surface area contributed by atoms with E-state index in [-0.39, 0.29) is 37.1 Å². The summed E-state index contributed by atoms with van der Waals surface area (Å²) < 4.78 is 88.2. The summed E-state index contributed by atoms with van der Waals surface area (Å²) in [6.07, 6.45) is -21.9. The van der Waals surface area contributed by atoms with Crippen molar-refractivity contribution in [3.05, 3.63) is 72.3 Å². The number of hydrogen-bond acceptors (Lipinski definition) is 21. The molecule has 20 atom stereocenters. The number of aliphatic hydroxyl groups excluding tert-OH is 8. The van der Waals surface area contributed by atoms with Crippen LogP contribution in [0, 0.1) is 23.4 Å². The monoisotopic (exact) mass is 1080 g/mol. The summed E-state index contributed by atoms with van der Waals surface area (Å²) in [5, 5.41) is 118. The molecule has 5 heterocycles. The van der Waals surface area contributed by atoms with Gasteiger partial charge in [0, 0.05) is 18.1 Å². The van der Waals surface area contributed by atoms with E-state index in [1.165, 1.54) is 11.6 Å². The number of rotatable bonds is 19. The first-order valence-corrected chi connectivity index (χ1v) is 24.7. The van der Waals surface area contributed by atoms with Gasteiger partial charge in [-0.25, -0.2) is 27.3 Å². The van der Waals surface area contributed by atoms with E-state index in [4.69, 9.17) is 33.2 Å². The Balaban J connectivity index is 1.15. The topological polar surface area (TPSA) is 354 Å². The molecule has 1 aliphatic carbocycles. The third kappa shape index (κ3) is 12.3. The zero-order valence-electron chi connectivity index (χ0n) is 41.2. The average Bonchev–Trinajstić information content (AvgIpc) is 4.11. The molecule has 76 heavy (non-hydrogen) atoms. The number of nitrogens with one attached hydrogen (secondary N) is 1. The number of carbonyl (C=O) groups excluding carboxylic acids is 1. The van der Waals surface area contributed by atoms with Gasteiger partial charge in [0.25, 0.3) is 0 Å². The largest absolute Gasteiger partial charge is 0.479 e. The summed E-state index contributed by atoms with van der Waals surface area (Å²) in [5.41, 5.74) is 0.677. The Morgan fingerprint density at radius 3 is 2.04 bits per heavy atom. The highest BCUT2D eigenvalue weighted by atomic mass is 19.2. The van der Waals surface area contributed by atoms with E-state index in [2.05, 4.69) is 25.9 Å². The van der Waals surface area contributed by atoms with Gasteiger partial charge in [-0.2, -0.15) is 0 Å². The van der Waals surface area contributed by atoms with Gasteiger partial charge in [0.1, 0.15) is 84.5 Å². The fourth-order valence-electron chi connectivity index (χ4n) is 10.1. The molecule has 0 radical (unpaired) electrons. The van der Waals surface area contributed by atoms with Crippen molar-refractivity contribution in [2.45, 2.75) is 163 Å². The number of halogens is 3. The Morgan fingerprint density at radius 1 is 0.763 bits per heavy atom. The molecule has 4 aliphatic rings. The highest BCUT2D eigenvalue weighted by Gasteiger charge is 2.54. The summed E-state index contributed by atoms with van der Waals surface area (Å²) in [5.74, 6) is -7.49. The van der Waals surface area contributed by atoms with Crippen LogP contribution in [0.5, 0.6) is 0 Å². The molecule has 4 aromatic rings. The van der Waals surface area contributed by atoms with E-state index in [0.29, 0.717) is 29.8 Å². The minimum Gasteiger partial charge on any atom is -0.479 e. The number of aromatic nitrogens is 6. The maximum absolute atomic E-state index is 14.2. The third-order valence-corrected chi connectivity index (χ3v) is 14.0. The second kappa shape index (κ2) is 24.7. The molecule has 28 heteroatoms. The minimum absolute atomic E-state index is 0.00847. The van der Waals surface area contributed by atoms with Crippen molar-refractivity contribution >= 4 is 11.9 Å². The van der Waals surface area contributed by atoms with Gasteiger partial charge in [-0.05, 0) is 44.2 Å². The zero-order valence-corrected chi connectivity index (χ0v) is 41.2. The number of aliphatic hydroxyl groups is 8. The smallest absolute Gasteiger partial charge is 0.332 e. The van der Waals surface area contributed by atoms with Crippen LogP contribution in [-0.2, 0) is 42.7 Å². The Bertz CT molecular complexity index is 2550. The number of carbonyl (C=O) groups is 2. The van der Waals surface area contributed by atoms with Crippen molar-refractivity contribution < 1.29 is 102 Å². The lowest BCUT2D eigenvalue weighted by atomic mass is 9.81. The predicted octanol–water partition coefficient (Wildman–Crippen LogP) is -0.912. The number of nitrogens with zero attached hydrogens (tertiary/aromatic N) is 6. The molecule has 8 rings (SSSR count). The summed E-state index contributed by atoms with van der Waals surface area (Å²) in [6.45, 7) is 2.35. The summed E-state index contributed by atoms with van der Waals surface area (Å²) >= 11 is 0. The van der Waals surface area contributed by atoms with Gasteiger partial charge in [-0.3, -0.25) is 4.79 Å². The lowest BCUT2D eigenvalue weighted by Gasteiger charge is -2.49. The quantitative estimate of drug-likeness (QED) is 0.0508. The van der Waals surface area contributed by atoms with E-state index in [0.717, 1.165) is 17.8 Å².